The van der Waals surface area contributed by atoms with Gasteiger partial charge in [0.1, 0.15) is 0 Å². The molecule has 0 nitrogen and oxygen atoms in total. The molecule has 0 radical (unpaired) electrons. The van der Waals surface area contributed by atoms with Crippen LogP contribution in [0.1, 0.15) is 0 Å². The summed E-state index contributed by atoms with van der Waals surface area (Å²) in [6.45, 7) is 0. The second kappa shape index (κ2) is 6.20. The maximum Gasteiger partial charge on any atom is -0.0184 e. The molecule has 0 N–H and O–H groups in total. The van der Waals surface area contributed by atoms with E-state index in [0.29, 0.717) is 0 Å². The third-order valence-electron chi connectivity index (χ3n) is 1.66. The van der Waals surface area contributed by atoms with Crippen LogP contribution in [0.5, 0.6) is 0 Å². The Bertz CT molecular complexity index is 279. The second-order valence-electron chi connectivity index (χ2n) is 2.35. The summed E-state index contributed by atoms with van der Waals surface area (Å²) in [6, 6.07) is 16.7. The molecular weight excluding hydrogens is 166 g/mol. The van der Waals surface area contributed by atoms with E-state index in [9.17, 15) is 0 Å². The fourth-order valence-electron chi connectivity index (χ4n) is 1.13. The fraction of sp³-hybridized carbons (Fsp3) is 0. The Morgan fingerprint density at radius 3 is 1.00 bits per heavy atom. The van der Waals surface area contributed by atoms with Crippen LogP contribution in [0.3, 0.4) is 0 Å². The molecule has 2 rings (SSSR count). The minimum atomic E-state index is 0. The zero-order valence-corrected chi connectivity index (χ0v) is 5.62. The maximum atomic E-state index is 2.12. The smallest absolute Gasteiger partial charge is 0.0184 e. The maximum absolute atomic E-state index is 2.12. The van der Waals surface area contributed by atoms with Gasteiger partial charge in [-0.25, -0.2) is 0 Å². The van der Waals surface area contributed by atoms with E-state index in [4.69, 9.17) is 0 Å². The molecule has 52 valence electrons. The monoisotopic (exact) mass is 176 g/mol. The van der Waals surface area contributed by atoms with Crippen molar-refractivity contribution in [3.8, 4) is 0 Å². The minimum absolute atomic E-state index is 0. The number of fused-ring (bicyclic) bond motifs is 1. The molecule has 0 aromatic heterocycles. The van der Waals surface area contributed by atoms with Gasteiger partial charge < -0.3 is 0 Å². The van der Waals surface area contributed by atoms with Gasteiger partial charge in [0.25, 0.3) is 0 Å². The molecule has 0 spiro atoms. The van der Waals surface area contributed by atoms with Crippen LogP contribution in [-0.4, -0.2) is 59.1 Å². The first-order chi connectivity index (χ1) is 4.97. The van der Waals surface area contributed by atoms with Crippen molar-refractivity contribution < 1.29 is 0 Å². The van der Waals surface area contributed by atoms with Gasteiger partial charge in [-0.2, -0.15) is 0 Å². The van der Waals surface area contributed by atoms with Crippen LogP contribution in [0, 0.1) is 0 Å². The number of hydrogen-bond acceptors (Lipinski definition) is 0. The van der Waals surface area contributed by atoms with Crippen LogP contribution in [0.2, 0.25) is 0 Å². The normalized spacial score (nSPS) is 8.33. The Kier molecular flexibility index (Phi) is 6.56. The van der Waals surface area contributed by atoms with Crippen molar-refractivity contribution in [1.29, 1.82) is 0 Å². The van der Waals surface area contributed by atoms with Gasteiger partial charge in [-0.05, 0) is 10.8 Å². The predicted octanol–water partition coefficient (Wildman–Crippen LogP) is 1.54. The van der Waals surface area contributed by atoms with E-state index >= 15 is 0 Å². The van der Waals surface area contributed by atoms with Crippen molar-refractivity contribution in [2.75, 3.05) is 0 Å². The molecule has 0 saturated carbocycles. The average Bonchev–Trinajstić information content (AvgIpc) is 2.05. The second-order valence-corrected chi connectivity index (χ2v) is 2.35. The van der Waals surface area contributed by atoms with Gasteiger partial charge in [0, 0.05) is 0 Å². The molecular formula is C10H10Na2. The Labute approximate surface area is 117 Å². The van der Waals surface area contributed by atoms with Gasteiger partial charge in [0.05, 0.1) is 0 Å². The SMILES string of the molecule is [NaH].[NaH].c1ccc2ccccc2c1. The third-order valence-corrected chi connectivity index (χ3v) is 1.66. The third kappa shape index (κ3) is 2.88. The van der Waals surface area contributed by atoms with Gasteiger partial charge >= 0.3 is 59.1 Å². The molecule has 0 atom stereocenters. The molecule has 0 bridgehead atoms. The van der Waals surface area contributed by atoms with Gasteiger partial charge in [-0.1, -0.05) is 48.5 Å². The summed E-state index contributed by atoms with van der Waals surface area (Å²) in [5.41, 5.74) is 0. The molecule has 0 aliphatic rings. The molecule has 0 fully saturated rings. The van der Waals surface area contributed by atoms with Crippen LogP contribution in [0.25, 0.3) is 10.8 Å². The van der Waals surface area contributed by atoms with Gasteiger partial charge in [-0.3, -0.25) is 0 Å². The summed E-state index contributed by atoms with van der Waals surface area (Å²) in [5.74, 6) is 0. The van der Waals surface area contributed by atoms with Crippen molar-refractivity contribution in [2.45, 2.75) is 0 Å². The summed E-state index contributed by atoms with van der Waals surface area (Å²) in [5, 5.41) is 2.62. The summed E-state index contributed by atoms with van der Waals surface area (Å²) in [7, 11) is 0. The van der Waals surface area contributed by atoms with Crippen molar-refractivity contribution in [2.24, 2.45) is 0 Å². The Morgan fingerprint density at radius 1 is 0.500 bits per heavy atom. The van der Waals surface area contributed by atoms with Crippen molar-refractivity contribution in [1.82, 2.24) is 0 Å². The first kappa shape index (κ1) is 12.7. The molecule has 0 amide bonds. The van der Waals surface area contributed by atoms with Gasteiger partial charge in [0.15, 0.2) is 0 Å². The largest absolute Gasteiger partial charge is 0.0616 e. The van der Waals surface area contributed by atoms with E-state index in [-0.39, 0.29) is 59.1 Å². The van der Waals surface area contributed by atoms with E-state index in [1.165, 1.54) is 10.8 Å². The van der Waals surface area contributed by atoms with E-state index < -0.39 is 0 Å². The van der Waals surface area contributed by atoms with Crippen LogP contribution >= 0.6 is 0 Å². The van der Waals surface area contributed by atoms with Crippen molar-refractivity contribution >= 4 is 69.9 Å². The van der Waals surface area contributed by atoms with Gasteiger partial charge in [0.2, 0.25) is 0 Å². The summed E-state index contributed by atoms with van der Waals surface area (Å²) in [4.78, 5) is 0. The predicted molar refractivity (Wildman–Crippen MR) is 58.2 cm³/mol. The minimum Gasteiger partial charge on any atom is -0.0616 e. The van der Waals surface area contributed by atoms with Crippen molar-refractivity contribution in [3.63, 3.8) is 0 Å². The average molecular weight is 176 g/mol. The Hall–Kier alpha value is 0.700. The van der Waals surface area contributed by atoms with Gasteiger partial charge in [-0.15, -0.1) is 0 Å². The molecule has 2 heteroatoms. The molecule has 2 aromatic rings. The zero-order chi connectivity index (χ0) is 6.81. The van der Waals surface area contributed by atoms with Crippen LogP contribution in [-0.2, 0) is 0 Å². The van der Waals surface area contributed by atoms with E-state index in [1.807, 2.05) is 0 Å². The quantitative estimate of drug-likeness (QED) is 0.534. The molecule has 2 aromatic carbocycles. The van der Waals surface area contributed by atoms with E-state index in [1.54, 1.807) is 0 Å². The standard InChI is InChI=1S/C10H8.2Na.2H/c1-2-6-10-8-4-3-7-9(10)5-1;;;;/h1-8H;;;;. The van der Waals surface area contributed by atoms with Crippen LogP contribution < -0.4 is 0 Å². The topological polar surface area (TPSA) is 0 Å². The molecule has 0 saturated heterocycles. The van der Waals surface area contributed by atoms with Crippen molar-refractivity contribution in [3.05, 3.63) is 48.5 Å². The first-order valence-corrected chi connectivity index (χ1v) is 3.40. The first-order valence-electron chi connectivity index (χ1n) is 3.40. The van der Waals surface area contributed by atoms with Crippen LogP contribution in [0.15, 0.2) is 48.5 Å². The fourth-order valence-corrected chi connectivity index (χ4v) is 1.13. The Morgan fingerprint density at radius 2 is 0.750 bits per heavy atom. The van der Waals surface area contributed by atoms with Crippen LogP contribution in [0.4, 0.5) is 0 Å². The molecule has 0 aliphatic heterocycles. The summed E-state index contributed by atoms with van der Waals surface area (Å²) in [6.07, 6.45) is 0. The molecule has 0 aliphatic carbocycles. The van der Waals surface area contributed by atoms with E-state index in [0.717, 1.165) is 0 Å². The zero-order valence-electron chi connectivity index (χ0n) is 5.62. The molecule has 12 heavy (non-hydrogen) atoms. The summed E-state index contributed by atoms with van der Waals surface area (Å²) < 4.78 is 0. The number of rotatable bonds is 0. The number of benzene rings is 2. The van der Waals surface area contributed by atoms with E-state index in [2.05, 4.69) is 48.5 Å². The summed E-state index contributed by atoms with van der Waals surface area (Å²) >= 11 is 0. The number of hydrogen-bond donors (Lipinski definition) is 0. The Balaban J connectivity index is 0.000000605. The molecule has 0 unspecified atom stereocenters. The molecule has 0 heterocycles.